The molecule has 0 N–H and O–H groups in total. The summed E-state index contributed by atoms with van der Waals surface area (Å²) in [7, 11) is 0. The highest BCUT2D eigenvalue weighted by Gasteiger charge is 2.31. The second kappa shape index (κ2) is 5.17. The summed E-state index contributed by atoms with van der Waals surface area (Å²) in [5, 5.41) is 0.591. The fraction of sp³-hybridized carbons (Fsp3) is 0.188. The van der Waals surface area contributed by atoms with Crippen LogP contribution in [0.15, 0.2) is 48.5 Å². The minimum atomic E-state index is -0.479. The monoisotopic (exact) mass is 287 g/mol. The first-order chi connectivity index (χ1) is 9.65. The highest BCUT2D eigenvalue weighted by Crippen LogP contribution is 2.36. The number of nitrogens with zero attached hydrogens (tertiary/aromatic N) is 1. The maximum absolute atomic E-state index is 12.4. The molecule has 1 amide bonds. The van der Waals surface area contributed by atoms with E-state index in [0.717, 1.165) is 11.3 Å². The van der Waals surface area contributed by atoms with Crippen LogP contribution in [0.4, 0.5) is 5.69 Å². The number of halogens is 1. The third-order valence-electron chi connectivity index (χ3n) is 3.31. The van der Waals surface area contributed by atoms with Gasteiger partial charge in [-0.15, -0.1) is 0 Å². The molecule has 0 saturated heterocycles. The minimum absolute atomic E-state index is 0.0522. The van der Waals surface area contributed by atoms with Crippen LogP contribution >= 0.6 is 11.6 Å². The van der Waals surface area contributed by atoms with Crippen LogP contribution < -0.4 is 9.64 Å². The maximum atomic E-state index is 12.4. The predicted molar refractivity (Wildman–Crippen MR) is 79.2 cm³/mol. The fourth-order valence-corrected chi connectivity index (χ4v) is 2.48. The first kappa shape index (κ1) is 13.0. The Morgan fingerprint density at radius 2 is 1.95 bits per heavy atom. The van der Waals surface area contributed by atoms with Crippen LogP contribution in [0.2, 0.25) is 5.02 Å². The Balaban J connectivity index is 2.00. The molecule has 3 nitrogen and oxygen atoms in total. The third kappa shape index (κ3) is 2.37. The molecule has 1 unspecified atom stereocenters. The van der Waals surface area contributed by atoms with E-state index in [4.69, 9.17) is 16.3 Å². The van der Waals surface area contributed by atoms with Gasteiger partial charge in [-0.3, -0.25) is 4.79 Å². The summed E-state index contributed by atoms with van der Waals surface area (Å²) in [6, 6.07) is 15.2. The smallest absolute Gasteiger partial charge is 0.268 e. The zero-order valence-electron chi connectivity index (χ0n) is 11.0. The van der Waals surface area contributed by atoms with Crippen molar-refractivity contribution < 1.29 is 9.53 Å². The maximum Gasteiger partial charge on any atom is 0.268 e. The Bertz CT molecular complexity index is 642. The van der Waals surface area contributed by atoms with Gasteiger partial charge in [0, 0.05) is 5.02 Å². The first-order valence-corrected chi connectivity index (χ1v) is 6.84. The van der Waals surface area contributed by atoms with Gasteiger partial charge in [0.05, 0.1) is 12.2 Å². The number of fused-ring (bicyclic) bond motifs is 1. The molecule has 0 radical (unpaired) electrons. The molecule has 20 heavy (non-hydrogen) atoms. The summed E-state index contributed by atoms with van der Waals surface area (Å²) in [5.41, 5.74) is 1.80. The lowest BCUT2D eigenvalue weighted by atomic mass is 10.1. The van der Waals surface area contributed by atoms with Gasteiger partial charge >= 0.3 is 0 Å². The SMILES string of the molecule is CC1Oc2ccc(Cl)cc2N(Cc2ccccc2)C1=O. The van der Waals surface area contributed by atoms with E-state index in [2.05, 4.69) is 0 Å². The molecule has 0 bridgehead atoms. The van der Waals surface area contributed by atoms with Crippen LogP contribution in [0.3, 0.4) is 0 Å². The molecule has 1 atom stereocenters. The van der Waals surface area contributed by atoms with Crippen LogP contribution in [0.1, 0.15) is 12.5 Å². The van der Waals surface area contributed by atoms with Crippen LogP contribution in [-0.2, 0) is 11.3 Å². The van der Waals surface area contributed by atoms with Crippen molar-refractivity contribution in [2.24, 2.45) is 0 Å². The second-order valence-corrected chi connectivity index (χ2v) is 5.22. The fourth-order valence-electron chi connectivity index (χ4n) is 2.31. The Kier molecular flexibility index (Phi) is 3.36. The molecule has 4 heteroatoms. The Morgan fingerprint density at radius 1 is 1.20 bits per heavy atom. The Morgan fingerprint density at radius 3 is 2.70 bits per heavy atom. The number of anilines is 1. The normalized spacial score (nSPS) is 17.6. The van der Waals surface area contributed by atoms with Crippen LogP contribution in [0, 0.1) is 0 Å². The average molecular weight is 288 g/mol. The van der Waals surface area contributed by atoms with Crippen LogP contribution in [0.5, 0.6) is 5.75 Å². The lowest BCUT2D eigenvalue weighted by Crippen LogP contribution is -2.43. The zero-order chi connectivity index (χ0) is 14.1. The molecule has 0 aromatic heterocycles. The molecule has 2 aromatic carbocycles. The van der Waals surface area contributed by atoms with Gasteiger partial charge in [0.2, 0.25) is 0 Å². The molecule has 2 aromatic rings. The van der Waals surface area contributed by atoms with E-state index in [1.807, 2.05) is 30.3 Å². The highest BCUT2D eigenvalue weighted by molar-refractivity contribution is 6.31. The molecule has 0 aliphatic carbocycles. The van der Waals surface area contributed by atoms with Gasteiger partial charge in [-0.25, -0.2) is 0 Å². The summed E-state index contributed by atoms with van der Waals surface area (Å²) in [6.45, 7) is 2.28. The van der Waals surface area contributed by atoms with Gasteiger partial charge in [0.15, 0.2) is 6.10 Å². The lowest BCUT2D eigenvalue weighted by molar-refractivity contribution is -0.125. The van der Waals surface area contributed by atoms with Crippen molar-refractivity contribution >= 4 is 23.2 Å². The van der Waals surface area contributed by atoms with Gasteiger partial charge in [0.1, 0.15) is 5.75 Å². The summed E-state index contributed by atoms with van der Waals surface area (Å²) in [6.07, 6.45) is -0.479. The topological polar surface area (TPSA) is 29.5 Å². The number of benzene rings is 2. The molecule has 1 aliphatic heterocycles. The Hall–Kier alpha value is -2.00. The number of ether oxygens (including phenoxy) is 1. The highest BCUT2D eigenvalue weighted by atomic mass is 35.5. The van der Waals surface area contributed by atoms with Crippen molar-refractivity contribution in [3.05, 3.63) is 59.1 Å². The molecule has 1 aliphatic rings. The molecule has 3 rings (SSSR count). The van der Waals surface area contributed by atoms with Crippen LogP contribution in [0.25, 0.3) is 0 Å². The summed E-state index contributed by atoms with van der Waals surface area (Å²) < 4.78 is 5.62. The van der Waals surface area contributed by atoms with Gasteiger partial charge < -0.3 is 9.64 Å². The molecule has 0 spiro atoms. The van der Waals surface area contributed by atoms with Gasteiger partial charge in [-0.2, -0.15) is 0 Å². The number of rotatable bonds is 2. The van der Waals surface area contributed by atoms with E-state index in [0.29, 0.717) is 17.3 Å². The van der Waals surface area contributed by atoms with E-state index in [9.17, 15) is 4.79 Å². The van der Waals surface area contributed by atoms with Gasteiger partial charge in [-0.1, -0.05) is 41.9 Å². The van der Waals surface area contributed by atoms with E-state index in [1.165, 1.54) is 0 Å². The van der Waals surface area contributed by atoms with Gasteiger partial charge in [0.25, 0.3) is 5.91 Å². The van der Waals surface area contributed by atoms with Crippen molar-refractivity contribution in [2.75, 3.05) is 4.90 Å². The molecule has 1 heterocycles. The van der Waals surface area contributed by atoms with E-state index in [-0.39, 0.29) is 5.91 Å². The number of hydrogen-bond donors (Lipinski definition) is 0. The molecule has 0 fully saturated rings. The summed E-state index contributed by atoms with van der Waals surface area (Å²) in [5.74, 6) is 0.640. The van der Waals surface area contributed by atoms with Gasteiger partial charge in [-0.05, 0) is 30.7 Å². The average Bonchev–Trinajstić information content (AvgIpc) is 2.46. The zero-order valence-corrected chi connectivity index (χ0v) is 11.8. The standard InChI is InChI=1S/C16H14ClNO2/c1-11-16(19)18(10-12-5-3-2-4-6-12)14-9-13(17)7-8-15(14)20-11/h2-9,11H,10H2,1H3. The van der Waals surface area contributed by atoms with Crippen molar-refractivity contribution in [1.82, 2.24) is 0 Å². The van der Waals surface area contributed by atoms with Crippen molar-refractivity contribution in [1.29, 1.82) is 0 Å². The second-order valence-electron chi connectivity index (χ2n) is 4.78. The predicted octanol–water partition coefficient (Wildman–Crippen LogP) is 3.65. The van der Waals surface area contributed by atoms with E-state index in [1.54, 1.807) is 30.0 Å². The summed E-state index contributed by atoms with van der Waals surface area (Å²) in [4.78, 5) is 14.1. The molecule has 102 valence electrons. The number of amides is 1. The third-order valence-corrected chi connectivity index (χ3v) is 3.55. The Labute approximate surface area is 122 Å². The first-order valence-electron chi connectivity index (χ1n) is 6.46. The quantitative estimate of drug-likeness (QED) is 0.844. The minimum Gasteiger partial charge on any atom is -0.479 e. The molecular formula is C16H14ClNO2. The van der Waals surface area contributed by atoms with E-state index < -0.39 is 6.10 Å². The molecular weight excluding hydrogens is 274 g/mol. The van der Waals surface area contributed by atoms with Crippen LogP contribution in [-0.4, -0.2) is 12.0 Å². The number of carbonyl (C=O) groups is 1. The van der Waals surface area contributed by atoms with Crippen molar-refractivity contribution in [2.45, 2.75) is 19.6 Å². The largest absolute Gasteiger partial charge is 0.479 e. The lowest BCUT2D eigenvalue weighted by Gasteiger charge is -2.33. The van der Waals surface area contributed by atoms with Crippen molar-refractivity contribution in [3.8, 4) is 5.75 Å². The number of carbonyl (C=O) groups excluding carboxylic acids is 1. The molecule has 0 saturated carbocycles. The summed E-state index contributed by atoms with van der Waals surface area (Å²) >= 11 is 6.04. The van der Waals surface area contributed by atoms with E-state index >= 15 is 0 Å². The number of hydrogen-bond acceptors (Lipinski definition) is 2. The van der Waals surface area contributed by atoms with Crippen molar-refractivity contribution in [3.63, 3.8) is 0 Å².